The number of carbonyl (C=O) groups excluding carboxylic acids is 2. The van der Waals surface area contributed by atoms with E-state index in [4.69, 9.17) is 16.0 Å². The average Bonchev–Trinajstić information content (AvgIpc) is 3.27. The van der Waals surface area contributed by atoms with Crippen LogP contribution in [-0.4, -0.2) is 52.8 Å². The van der Waals surface area contributed by atoms with Crippen molar-refractivity contribution in [3.05, 3.63) is 77.3 Å². The second-order valence-corrected chi connectivity index (χ2v) is 7.54. The molecule has 0 bridgehead atoms. The summed E-state index contributed by atoms with van der Waals surface area (Å²) in [6, 6.07) is 16.6. The predicted octanol–water partition coefficient (Wildman–Crippen LogP) is 3.91. The molecule has 1 aliphatic heterocycles. The fourth-order valence-corrected chi connectivity index (χ4v) is 3.73. The molecular formula is C23H22ClN3O3. The minimum atomic E-state index is 0.00888. The van der Waals surface area contributed by atoms with Crippen LogP contribution in [-0.2, 0) is 11.2 Å². The van der Waals surface area contributed by atoms with Crippen LogP contribution in [0.25, 0.3) is 11.3 Å². The minimum Gasteiger partial charge on any atom is -0.441 e. The van der Waals surface area contributed by atoms with E-state index in [0.29, 0.717) is 61.3 Å². The summed E-state index contributed by atoms with van der Waals surface area (Å²) in [5.41, 5.74) is 1.46. The van der Waals surface area contributed by atoms with Gasteiger partial charge >= 0.3 is 0 Å². The Bertz CT molecular complexity index is 1030. The van der Waals surface area contributed by atoms with E-state index < -0.39 is 0 Å². The number of nitrogens with zero attached hydrogens (tertiary/aromatic N) is 3. The predicted molar refractivity (Wildman–Crippen MR) is 114 cm³/mol. The molecule has 0 spiro atoms. The van der Waals surface area contributed by atoms with Gasteiger partial charge in [-0.05, 0) is 24.3 Å². The van der Waals surface area contributed by atoms with Crippen LogP contribution in [0.2, 0.25) is 5.02 Å². The molecule has 4 rings (SSSR count). The maximum absolute atomic E-state index is 12.6. The average molecular weight is 424 g/mol. The standard InChI is InChI=1S/C23H22ClN3O3/c24-19-9-5-4-8-18(19)20-16-25-21(30-20)10-11-22(28)26-12-14-27(15-13-26)23(29)17-6-2-1-3-7-17/h1-9,16H,10-15H2. The highest BCUT2D eigenvalue weighted by Gasteiger charge is 2.25. The number of rotatable bonds is 5. The highest BCUT2D eigenvalue weighted by Crippen LogP contribution is 2.28. The van der Waals surface area contributed by atoms with E-state index in [1.54, 1.807) is 22.1 Å². The molecule has 1 aliphatic rings. The highest BCUT2D eigenvalue weighted by molar-refractivity contribution is 6.33. The summed E-state index contributed by atoms with van der Waals surface area (Å²) < 4.78 is 5.77. The molecule has 0 radical (unpaired) electrons. The molecule has 30 heavy (non-hydrogen) atoms. The molecule has 3 aromatic rings. The molecule has 2 heterocycles. The molecule has 0 aliphatic carbocycles. The number of halogens is 1. The summed E-state index contributed by atoms with van der Waals surface area (Å²) in [5.74, 6) is 1.15. The number of aryl methyl sites for hydroxylation is 1. The number of carbonyl (C=O) groups is 2. The van der Waals surface area contributed by atoms with Gasteiger partial charge in [-0.1, -0.05) is 41.9 Å². The number of benzene rings is 2. The zero-order valence-electron chi connectivity index (χ0n) is 16.5. The van der Waals surface area contributed by atoms with E-state index in [1.165, 1.54) is 0 Å². The van der Waals surface area contributed by atoms with Gasteiger partial charge in [0.15, 0.2) is 11.7 Å². The van der Waals surface area contributed by atoms with Crippen molar-refractivity contribution in [3.63, 3.8) is 0 Å². The van der Waals surface area contributed by atoms with Crippen LogP contribution in [0.4, 0.5) is 0 Å². The maximum Gasteiger partial charge on any atom is 0.253 e. The lowest BCUT2D eigenvalue weighted by molar-refractivity contribution is -0.132. The van der Waals surface area contributed by atoms with Crippen LogP contribution in [0.1, 0.15) is 22.7 Å². The van der Waals surface area contributed by atoms with Gasteiger partial charge in [-0.25, -0.2) is 4.98 Å². The lowest BCUT2D eigenvalue weighted by Gasteiger charge is -2.34. The Labute approximate surface area is 180 Å². The second-order valence-electron chi connectivity index (χ2n) is 7.14. The molecule has 2 aromatic carbocycles. The van der Waals surface area contributed by atoms with Crippen LogP contribution >= 0.6 is 11.6 Å². The number of hydrogen-bond donors (Lipinski definition) is 0. The van der Waals surface area contributed by atoms with Gasteiger partial charge in [0.05, 0.1) is 11.2 Å². The number of amides is 2. The summed E-state index contributed by atoms with van der Waals surface area (Å²) in [6.07, 6.45) is 2.37. The first-order valence-electron chi connectivity index (χ1n) is 9.93. The largest absolute Gasteiger partial charge is 0.441 e. The summed E-state index contributed by atoms with van der Waals surface area (Å²) in [5, 5.41) is 0.596. The topological polar surface area (TPSA) is 66.7 Å². The SMILES string of the molecule is O=C(CCc1ncc(-c2ccccc2Cl)o1)N1CCN(C(=O)c2ccccc2)CC1. The van der Waals surface area contributed by atoms with Crippen LogP contribution in [0.3, 0.4) is 0 Å². The van der Waals surface area contributed by atoms with Gasteiger partial charge in [-0.3, -0.25) is 9.59 Å². The van der Waals surface area contributed by atoms with E-state index in [2.05, 4.69) is 4.98 Å². The lowest BCUT2D eigenvalue weighted by Crippen LogP contribution is -2.50. The smallest absolute Gasteiger partial charge is 0.253 e. The molecule has 1 aromatic heterocycles. The summed E-state index contributed by atoms with van der Waals surface area (Å²) >= 11 is 6.19. The monoisotopic (exact) mass is 423 g/mol. The van der Waals surface area contributed by atoms with Crippen LogP contribution in [0.5, 0.6) is 0 Å². The second kappa shape index (κ2) is 9.13. The molecule has 7 heteroatoms. The summed E-state index contributed by atoms with van der Waals surface area (Å²) in [6.45, 7) is 2.14. The van der Waals surface area contributed by atoms with Gasteiger partial charge in [-0.2, -0.15) is 0 Å². The quantitative estimate of drug-likeness (QED) is 0.624. The van der Waals surface area contributed by atoms with Crippen molar-refractivity contribution in [3.8, 4) is 11.3 Å². The fraction of sp³-hybridized carbons (Fsp3) is 0.261. The van der Waals surface area contributed by atoms with Crippen molar-refractivity contribution in [2.75, 3.05) is 26.2 Å². The summed E-state index contributed by atoms with van der Waals surface area (Å²) in [4.78, 5) is 33.0. The zero-order chi connectivity index (χ0) is 20.9. The van der Waals surface area contributed by atoms with E-state index in [-0.39, 0.29) is 11.8 Å². The third-order valence-electron chi connectivity index (χ3n) is 5.19. The molecule has 2 amide bonds. The van der Waals surface area contributed by atoms with Gasteiger partial charge in [0.2, 0.25) is 5.91 Å². The van der Waals surface area contributed by atoms with Crippen molar-refractivity contribution >= 4 is 23.4 Å². The third-order valence-corrected chi connectivity index (χ3v) is 5.52. The number of hydrogen-bond acceptors (Lipinski definition) is 4. The summed E-state index contributed by atoms with van der Waals surface area (Å²) in [7, 11) is 0. The van der Waals surface area contributed by atoms with Crippen LogP contribution in [0, 0.1) is 0 Å². The Kier molecular flexibility index (Phi) is 6.14. The lowest BCUT2D eigenvalue weighted by atomic mass is 10.1. The van der Waals surface area contributed by atoms with Gasteiger partial charge in [0.1, 0.15) is 0 Å². The molecule has 0 atom stereocenters. The van der Waals surface area contributed by atoms with Crippen molar-refractivity contribution in [1.29, 1.82) is 0 Å². The van der Waals surface area contributed by atoms with Crippen molar-refractivity contribution in [2.45, 2.75) is 12.8 Å². The Balaban J connectivity index is 1.28. The van der Waals surface area contributed by atoms with Gasteiger partial charge in [-0.15, -0.1) is 0 Å². The molecule has 1 fully saturated rings. The van der Waals surface area contributed by atoms with Crippen LogP contribution in [0.15, 0.2) is 65.2 Å². The van der Waals surface area contributed by atoms with Crippen molar-refractivity contribution in [1.82, 2.24) is 14.8 Å². The Morgan fingerprint density at radius 3 is 2.33 bits per heavy atom. The first kappa shape index (κ1) is 20.2. The van der Waals surface area contributed by atoms with Crippen LogP contribution < -0.4 is 0 Å². The van der Waals surface area contributed by atoms with E-state index >= 15 is 0 Å². The molecule has 1 saturated heterocycles. The zero-order valence-corrected chi connectivity index (χ0v) is 17.2. The normalized spacial score (nSPS) is 14.0. The minimum absolute atomic E-state index is 0.00888. The first-order valence-corrected chi connectivity index (χ1v) is 10.3. The molecule has 6 nitrogen and oxygen atoms in total. The van der Waals surface area contributed by atoms with Gasteiger partial charge in [0, 0.05) is 50.1 Å². The number of aromatic nitrogens is 1. The Morgan fingerprint density at radius 2 is 1.60 bits per heavy atom. The maximum atomic E-state index is 12.6. The van der Waals surface area contributed by atoms with Gasteiger partial charge < -0.3 is 14.2 Å². The number of oxazole rings is 1. The van der Waals surface area contributed by atoms with Crippen molar-refractivity contribution < 1.29 is 14.0 Å². The Morgan fingerprint density at radius 1 is 0.933 bits per heavy atom. The fourth-order valence-electron chi connectivity index (χ4n) is 3.51. The molecule has 154 valence electrons. The third kappa shape index (κ3) is 4.54. The first-order chi connectivity index (χ1) is 14.6. The Hall–Kier alpha value is -3.12. The molecule has 0 N–H and O–H groups in total. The van der Waals surface area contributed by atoms with Crippen molar-refractivity contribution in [2.24, 2.45) is 0 Å². The molecule has 0 saturated carbocycles. The highest BCUT2D eigenvalue weighted by atomic mass is 35.5. The van der Waals surface area contributed by atoms with E-state index in [0.717, 1.165) is 5.56 Å². The van der Waals surface area contributed by atoms with Gasteiger partial charge in [0.25, 0.3) is 5.91 Å². The van der Waals surface area contributed by atoms with E-state index in [9.17, 15) is 9.59 Å². The molecule has 0 unspecified atom stereocenters. The van der Waals surface area contributed by atoms with E-state index in [1.807, 2.05) is 48.5 Å². The molecular weight excluding hydrogens is 402 g/mol. The number of piperazine rings is 1.